The van der Waals surface area contributed by atoms with Gasteiger partial charge in [-0.05, 0) is 32.2 Å². The molecule has 1 aromatic heterocycles. The number of nitrogens with zero attached hydrogens (tertiary/aromatic N) is 3. The molecule has 1 fully saturated rings. The van der Waals surface area contributed by atoms with Gasteiger partial charge < -0.3 is 10.1 Å². The lowest BCUT2D eigenvalue weighted by molar-refractivity contribution is 0.0536. The summed E-state index contributed by atoms with van der Waals surface area (Å²) in [5, 5.41) is 7.85. The fourth-order valence-electron chi connectivity index (χ4n) is 2.69. The predicted molar refractivity (Wildman–Crippen MR) is 70.4 cm³/mol. The molecule has 102 valence electrons. The van der Waals surface area contributed by atoms with Crippen molar-refractivity contribution in [2.45, 2.75) is 45.7 Å². The molecule has 0 amide bonds. The number of nitrogens with one attached hydrogen (secondary N) is 1. The van der Waals surface area contributed by atoms with E-state index in [4.69, 9.17) is 4.74 Å². The number of ether oxygens (including phenoxy) is 1. The van der Waals surface area contributed by atoms with Gasteiger partial charge in [-0.2, -0.15) is 5.10 Å². The van der Waals surface area contributed by atoms with Crippen LogP contribution in [0.25, 0.3) is 0 Å². The average molecular weight is 252 g/mol. The maximum absolute atomic E-state index is 5.45. The number of aryl methyl sites for hydroxylation is 1. The highest BCUT2D eigenvalue weighted by atomic mass is 16.5. The summed E-state index contributed by atoms with van der Waals surface area (Å²) in [6.07, 6.45) is 4.92. The van der Waals surface area contributed by atoms with Gasteiger partial charge in [0, 0.05) is 32.2 Å². The Morgan fingerprint density at radius 2 is 2.22 bits per heavy atom. The minimum Gasteiger partial charge on any atom is -0.381 e. The molecule has 18 heavy (non-hydrogen) atoms. The molecule has 0 saturated carbocycles. The lowest BCUT2D eigenvalue weighted by Gasteiger charge is -2.30. The van der Waals surface area contributed by atoms with Gasteiger partial charge in [0.05, 0.1) is 0 Å². The number of hydrogen-bond acceptors (Lipinski definition) is 4. The summed E-state index contributed by atoms with van der Waals surface area (Å²) in [7, 11) is 0. The van der Waals surface area contributed by atoms with Gasteiger partial charge in [-0.15, -0.1) is 0 Å². The molecule has 1 saturated heterocycles. The first kappa shape index (κ1) is 13.5. The van der Waals surface area contributed by atoms with E-state index in [1.807, 2.05) is 4.68 Å². The van der Waals surface area contributed by atoms with Crippen LogP contribution in [0.2, 0.25) is 0 Å². The van der Waals surface area contributed by atoms with Crippen LogP contribution in [0.4, 0.5) is 0 Å². The van der Waals surface area contributed by atoms with Crippen molar-refractivity contribution in [3.8, 4) is 0 Å². The van der Waals surface area contributed by atoms with Crippen LogP contribution in [0.3, 0.4) is 0 Å². The Labute approximate surface area is 109 Å². The molecule has 1 aliphatic rings. The molecule has 1 atom stereocenters. The largest absolute Gasteiger partial charge is 0.381 e. The fourth-order valence-corrected chi connectivity index (χ4v) is 2.69. The van der Waals surface area contributed by atoms with E-state index < -0.39 is 0 Å². The molecule has 1 unspecified atom stereocenters. The van der Waals surface area contributed by atoms with Crippen molar-refractivity contribution in [3.05, 3.63) is 12.2 Å². The highest BCUT2D eigenvalue weighted by Gasteiger charge is 2.24. The van der Waals surface area contributed by atoms with E-state index in [0.717, 1.165) is 51.4 Å². The van der Waals surface area contributed by atoms with E-state index in [1.54, 1.807) is 6.33 Å². The Morgan fingerprint density at radius 3 is 2.89 bits per heavy atom. The first-order chi connectivity index (χ1) is 8.85. The summed E-state index contributed by atoms with van der Waals surface area (Å²) in [5.74, 6) is 1.79. The van der Waals surface area contributed by atoms with Crippen LogP contribution in [0, 0.1) is 5.92 Å². The minimum absolute atomic E-state index is 0.494. The highest BCUT2D eigenvalue weighted by molar-refractivity contribution is 4.92. The van der Waals surface area contributed by atoms with Crippen molar-refractivity contribution >= 4 is 0 Å². The lowest BCUT2D eigenvalue weighted by Crippen LogP contribution is -2.41. The zero-order chi connectivity index (χ0) is 12.8. The van der Waals surface area contributed by atoms with Crippen LogP contribution in [-0.4, -0.2) is 40.6 Å². The van der Waals surface area contributed by atoms with Crippen LogP contribution in [0.1, 0.15) is 32.5 Å². The lowest BCUT2D eigenvalue weighted by atomic mass is 9.89. The van der Waals surface area contributed by atoms with E-state index in [-0.39, 0.29) is 0 Å². The van der Waals surface area contributed by atoms with Gasteiger partial charge in [0.25, 0.3) is 0 Å². The predicted octanol–water partition coefficient (Wildman–Crippen LogP) is 1.25. The van der Waals surface area contributed by atoms with E-state index >= 15 is 0 Å². The number of rotatable bonds is 6. The van der Waals surface area contributed by atoms with E-state index in [0.29, 0.717) is 12.0 Å². The summed E-state index contributed by atoms with van der Waals surface area (Å²) < 4.78 is 7.44. The van der Waals surface area contributed by atoms with Gasteiger partial charge in [-0.1, -0.05) is 6.92 Å². The van der Waals surface area contributed by atoms with E-state index in [2.05, 4.69) is 29.2 Å². The summed E-state index contributed by atoms with van der Waals surface area (Å²) in [4.78, 5) is 4.38. The summed E-state index contributed by atoms with van der Waals surface area (Å²) in [6.45, 7) is 7.95. The molecular formula is C13H24N4O. The second kappa shape index (κ2) is 6.85. The van der Waals surface area contributed by atoms with Crippen molar-refractivity contribution in [1.82, 2.24) is 20.1 Å². The Bertz CT molecular complexity index is 347. The third kappa shape index (κ3) is 3.29. The summed E-state index contributed by atoms with van der Waals surface area (Å²) in [5.41, 5.74) is 0. The molecule has 1 aromatic rings. The Hall–Kier alpha value is -0.940. The molecule has 2 heterocycles. The topological polar surface area (TPSA) is 52.0 Å². The van der Waals surface area contributed by atoms with Crippen molar-refractivity contribution in [2.24, 2.45) is 5.92 Å². The van der Waals surface area contributed by atoms with Crippen LogP contribution in [-0.2, 0) is 17.7 Å². The Kier molecular flexibility index (Phi) is 5.13. The molecule has 2 rings (SSSR count). The molecule has 5 nitrogen and oxygen atoms in total. The minimum atomic E-state index is 0.494. The van der Waals surface area contributed by atoms with Crippen molar-refractivity contribution in [2.75, 3.05) is 19.8 Å². The zero-order valence-electron chi connectivity index (χ0n) is 11.4. The molecule has 1 aliphatic heterocycles. The van der Waals surface area contributed by atoms with Crippen molar-refractivity contribution < 1.29 is 4.74 Å². The van der Waals surface area contributed by atoms with Gasteiger partial charge in [0.1, 0.15) is 12.2 Å². The Morgan fingerprint density at radius 1 is 1.44 bits per heavy atom. The van der Waals surface area contributed by atoms with Gasteiger partial charge in [-0.3, -0.25) is 4.68 Å². The van der Waals surface area contributed by atoms with Gasteiger partial charge >= 0.3 is 0 Å². The highest BCUT2D eigenvalue weighted by Crippen LogP contribution is 2.21. The second-order valence-corrected chi connectivity index (χ2v) is 4.81. The normalized spacial score (nSPS) is 19.0. The number of aromatic nitrogens is 3. The molecule has 0 aliphatic carbocycles. The number of hydrogen-bond donors (Lipinski definition) is 1. The second-order valence-electron chi connectivity index (χ2n) is 4.81. The van der Waals surface area contributed by atoms with E-state index in [9.17, 15) is 0 Å². The first-order valence-electron chi connectivity index (χ1n) is 7.03. The first-order valence-corrected chi connectivity index (χ1v) is 7.03. The maximum Gasteiger partial charge on any atom is 0.138 e. The summed E-state index contributed by atoms with van der Waals surface area (Å²) >= 11 is 0. The molecule has 5 heteroatoms. The molecule has 0 bridgehead atoms. The van der Waals surface area contributed by atoms with Crippen LogP contribution in [0.5, 0.6) is 0 Å². The van der Waals surface area contributed by atoms with Crippen molar-refractivity contribution in [1.29, 1.82) is 0 Å². The monoisotopic (exact) mass is 252 g/mol. The van der Waals surface area contributed by atoms with Gasteiger partial charge in [-0.25, -0.2) is 4.98 Å². The van der Waals surface area contributed by atoms with Crippen LogP contribution < -0.4 is 5.32 Å². The van der Waals surface area contributed by atoms with Gasteiger partial charge in [0.2, 0.25) is 0 Å². The van der Waals surface area contributed by atoms with Crippen LogP contribution >= 0.6 is 0 Å². The SMILES string of the molecule is CCNC(Cc1ncnn1CC)C1CCOCC1. The average Bonchev–Trinajstić information content (AvgIpc) is 2.86. The molecule has 0 aromatic carbocycles. The third-order valence-corrected chi connectivity index (χ3v) is 3.70. The third-order valence-electron chi connectivity index (χ3n) is 3.70. The van der Waals surface area contributed by atoms with Crippen molar-refractivity contribution in [3.63, 3.8) is 0 Å². The zero-order valence-corrected chi connectivity index (χ0v) is 11.4. The fraction of sp³-hybridized carbons (Fsp3) is 0.846. The molecule has 0 radical (unpaired) electrons. The quantitative estimate of drug-likeness (QED) is 0.828. The molecule has 1 N–H and O–H groups in total. The van der Waals surface area contributed by atoms with Crippen LogP contribution in [0.15, 0.2) is 6.33 Å². The standard InChI is InChI=1S/C13H24N4O/c1-3-14-12(11-5-7-18-8-6-11)9-13-15-10-16-17(13)4-2/h10-12,14H,3-9H2,1-2H3. The van der Waals surface area contributed by atoms with E-state index in [1.165, 1.54) is 0 Å². The summed E-state index contributed by atoms with van der Waals surface area (Å²) in [6, 6.07) is 0.494. The molecule has 0 spiro atoms. The molecular weight excluding hydrogens is 228 g/mol. The number of likely N-dealkylation sites (N-methyl/N-ethyl adjacent to an activating group) is 1. The van der Waals surface area contributed by atoms with Gasteiger partial charge in [0.15, 0.2) is 0 Å². The maximum atomic E-state index is 5.45. The smallest absolute Gasteiger partial charge is 0.138 e. The Balaban J connectivity index is 2.00.